The summed E-state index contributed by atoms with van der Waals surface area (Å²) < 4.78 is 0. The van der Waals surface area contributed by atoms with Crippen molar-refractivity contribution in [2.45, 2.75) is 26.2 Å². The number of aromatic nitrogens is 1. The molecule has 2 amide bonds. The second-order valence-electron chi connectivity index (χ2n) is 6.01. The zero-order valence-electron chi connectivity index (χ0n) is 13.8. The maximum absolute atomic E-state index is 12.5. The number of nitrogens with zero attached hydrogens (tertiary/aromatic N) is 2. The Labute approximate surface area is 141 Å². The number of para-hydroxylation sites is 1. The third-order valence-electron chi connectivity index (χ3n) is 4.27. The highest BCUT2D eigenvalue weighted by Crippen LogP contribution is 2.16. The molecule has 0 radical (unpaired) electrons. The first kappa shape index (κ1) is 16.4. The topological polar surface area (TPSA) is 74.3 Å². The Hall–Kier alpha value is -2.47. The van der Waals surface area contributed by atoms with Gasteiger partial charge >= 0.3 is 0 Å². The molecular weight excluding hydrogens is 304 g/mol. The number of benzene rings is 1. The highest BCUT2D eigenvalue weighted by atomic mass is 16.2. The zero-order valence-corrected chi connectivity index (χ0v) is 13.8. The van der Waals surface area contributed by atoms with E-state index < -0.39 is 5.92 Å². The third kappa shape index (κ3) is 3.71. The maximum Gasteiger partial charge on any atom is 0.246 e. The molecule has 1 aromatic heterocycles. The first-order valence-electron chi connectivity index (χ1n) is 8.39. The molecule has 24 heavy (non-hydrogen) atoms. The molecule has 1 unspecified atom stereocenters. The summed E-state index contributed by atoms with van der Waals surface area (Å²) in [4.78, 5) is 29.2. The van der Waals surface area contributed by atoms with Crippen molar-refractivity contribution in [2.24, 2.45) is 5.92 Å². The highest BCUT2D eigenvalue weighted by molar-refractivity contribution is 6.06. The average Bonchev–Trinajstić information content (AvgIpc) is 3.08. The molecule has 1 saturated heterocycles. The van der Waals surface area contributed by atoms with Crippen LogP contribution in [0, 0.1) is 5.92 Å². The molecule has 6 heteroatoms. The Morgan fingerprint density at radius 1 is 1.12 bits per heavy atom. The van der Waals surface area contributed by atoms with Crippen molar-refractivity contribution in [1.29, 1.82) is 0 Å². The summed E-state index contributed by atoms with van der Waals surface area (Å²) in [7, 11) is 0. The monoisotopic (exact) mass is 326 g/mol. The molecule has 0 spiro atoms. The Morgan fingerprint density at radius 2 is 1.88 bits per heavy atom. The van der Waals surface area contributed by atoms with E-state index in [-0.39, 0.29) is 11.8 Å². The second kappa shape index (κ2) is 7.40. The number of hydrogen-bond acceptors (Lipinski definition) is 4. The molecule has 1 aliphatic rings. The minimum absolute atomic E-state index is 0.252. The number of carbonyl (C=O) groups is 2. The number of rotatable bonds is 5. The number of amides is 2. The van der Waals surface area contributed by atoms with Gasteiger partial charge in [-0.2, -0.15) is 0 Å². The van der Waals surface area contributed by atoms with Gasteiger partial charge in [-0.05, 0) is 37.5 Å². The molecule has 0 saturated carbocycles. The molecule has 1 fully saturated rings. The molecule has 2 N–H and O–H groups in total. The van der Waals surface area contributed by atoms with Gasteiger partial charge in [-0.25, -0.2) is 9.99 Å². The van der Waals surface area contributed by atoms with E-state index in [0.29, 0.717) is 12.2 Å². The van der Waals surface area contributed by atoms with Crippen LogP contribution in [-0.2, 0) is 9.59 Å². The van der Waals surface area contributed by atoms with E-state index in [1.807, 2.05) is 42.3 Å². The van der Waals surface area contributed by atoms with Gasteiger partial charge in [0.25, 0.3) is 0 Å². The first-order valence-corrected chi connectivity index (χ1v) is 8.39. The van der Waals surface area contributed by atoms with E-state index in [2.05, 4.69) is 15.7 Å². The van der Waals surface area contributed by atoms with Crippen LogP contribution in [0.3, 0.4) is 0 Å². The van der Waals surface area contributed by atoms with Crippen LogP contribution in [0.2, 0.25) is 0 Å². The lowest BCUT2D eigenvalue weighted by atomic mass is 10.1. The van der Waals surface area contributed by atoms with Crippen molar-refractivity contribution in [2.75, 3.05) is 18.4 Å². The third-order valence-corrected chi connectivity index (χ3v) is 4.27. The van der Waals surface area contributed by atoms with Crippen molar-refractivity contribution in [3.8, 4) is 0 Å². The van der Waals surface area contributed by atoms with E-state index in [1.54, 1.807) is 6.07 Å². The molecule has 6 nitrogen and oxygen atoms in total. The molecule has 2 heterocycles. The smallest absolute Gasteiger partial charge is 0.246 e. The normalized spacial score (nSPS) is 16.0. The van der Waals surface area contributed by atoms with Gasteiger partial charge in [0.05, 0.1) is 5.52 Å². The molecule has 1 aliphatic heterocycles. The van der Waals surface area contributed by atoms with Crippen molar-refractivity contribution < 1.29 is 9.59 Å². The standard InChI is InChI=1S/C18H22N4O2/c1-2-14(18(24)21-22-11-5-6-12-22)17(23)20-16-10-9-13-7-3-4-8-15(13)19-16/h3-4,7-10,14H,2,5-6,11-12H2,1H3,(H,21,24)(H,19,20,23). The Kier molecular flexibility index (Phi) is 5.05. The summed E-state index contributed by atoms with van der Waals surface area (Å²) in [6.45, 7) is 3.52. The summed E-state index contributed by atoms with van der Waals surface area (Å²) in [5.74, 6) is -0.834. The molecule has 1 aromatic carbocycles. The van der Waals surface area contributed by atoms with Gasteiger partial charge in [-0.3, -0.25) is 15.0 Å². The number of anilines is 1. The van der Waals surface area contributed by atoms with Crippen molar-refractivity contribution in [3.63, 3.8) is 0 Å². The Balaban J connectivity index is 1.67. The minimum atomic E-state index is -0.723. The van der Waals surface area contributed by atoms with E-state index in [1.165, 1.54) is 0 Å². The number of nitrogens with one attached hydrogen (secondary N) is 2. The van der Waals surface area contributed by atoms with Gasteiger partial charge in [0.2, 0.25) is 11.8 Å². The summed E-state index contributed by atoms with van der Waals surface area (Å²) in [5.41, 5.74) is 3.65. The van der Waals surface area contributed by atoms with Crippen LogP contribution in [-0.4, -0.2) is 34.9 Å². The van der Waals surface area contributed by atoms with Crippen LogP contribution in [0.25, 0.3) is 10.9 Å². The van der Waals surface area contributed by atoms with Gasteiger partial charge in [0.1, 0.15) is 11.7 Å². The van der Waals surface area contributed by atoms with Gasteiger partial charge in [-0.1, -0.05) is 25.1 Å². The van der Waals surface area contributed by atoms with E-state index in [4.69, 9.17) is 0 Å². The summed E-state index contributed by atoms with van der Waals surface area (Å²) in [6.07, 6.45) is 2.59. The fourth-order valence-electron chi connectivity index (χ4n) is 2.90. The minimum Gasteiger partial charge on any atom is -0.310 e. The SMILES string of the molecule is CCC(C(=O)Nc1ccc2ccccc2n1)C(=O)NN1CCCC1. The van der Waals surface area contributed by atoms with E-state index in [9.17, 15) is 9.59 Å². The van der Waals surface area contributed by atoms with Crippen molar-refractivity contribution >= 4 is 28.5 Å². The first-order chi connectivity index (χ1) is 11.7. The number of pyridine rings is 1. The average molecular weight is 326 g/mol. The Bertz CT molecular complexity index is 741. The van der Waals surface area contributed by atoms with Crippen molar-refractivity contribution in [3.05, 3.63) is 36.4 Å². The highest BCUT2D eigenvalue weighted by Gasteiger charge is 2.27. The summed E-state index contributed by atoms with van der Waals surface area (Å²) in [6, 6.07) is 11.4. The zero-order chi connectivity index (χ0) is 16.9. The Morgan fingerprint density at radius 3 is 2.62 bits per heavy atom. The molecule has 3 rings (SSSR count). The van der Waals surface area contributed by atoms with Gasteiger partial charge < -0.3 is 5.32 Å². The van der Waals surface area contributed by atoms with Crippen LogP contribution >= 0.6 is 0 Å². The molecular formula is C18H22N4O2. The molecule has 126 valence electrons. The summed E-state index contributed by atoms with van der Waals surface area (Å²) in [5, 5.41) is 5.65. The lowest BCUT2D eigenvalue weighted by Crippen LogP contribution is -2.46. The lowest BCUT2D eigenvalue weighted by molar-refractivity contribution is -0.135. The van der Waals surface area contributed by atoms with E-state index >= 15 is 0 Å². The fraction of sp³-hybridized carbons (Fsp3) is 0.389. The predicted molar refractivity (Wildman–Crippen MR) is 93.1 cm³/mol. The number of hydrazine groups is 1. The molecule has 0 bridgehead atoms. The number of fused-ring (bicyclic) bond motifs is 1. The largest absolute Gasteiger partial charge is 0.310 e. The van der Waals surface area contributed by atoms with Crippen molar-refractivity contribution in [1.82, 2.24) is 15.4 Å². The fourth-order valence-corrected chi connectivity index (χ4v) is 2.90. The van der Waals surface area contributed by atoms with Gasteiger partial charge in [0, 0.05) is 18.5 Å². The van der Waals surface area contributed by atoms with Crippen LogP contribution in [0.15, 0.2) is 36.4 Å². The van der Waals surface area contributed by atoms with Gasteiger partial charge in [-0.15, -0.1) is 0 Å². The second-order valence-corrected chi connectivity index (χ2v) is 6.01. The molecule has 0 aliphatic carbocycles. The van der Waals surface area contributed by atoms with Crippen LogP contribution in [0.4, 0.5) is 5.82 Å². The van der Waals surface area contributed by atoms with Crippen LogP contribution < -0.4 is 10.7 Å². The van der Waals surface area contributed by atoms with Crippen LogP contribution in [0.1, 0.15) is 26.2 Å². The van der Waals surface area contributed by atoms with E-state index in [0.717, 1.165) is 36.8 Å². The molecule has 1 atom stereocenters. The molecule has 2 aromatic rings. The lowest BCUT2D eigenvalue weighted by Gasteiger charge is -2.20. The quantitative estimate of drug-likeness (QED) is 0.827. The van der Waals surface area contributed by atoms with Gasteiger partial charge in [0.15, 0.2) is 0 Å². The number of hydrogen-bond donors (Lipinski definition) is 2. The maximum atomic E-state index is 12.5. The van der Waals surface area contributed by atoms with Crippen LogP contribution in [0.5, 0.6) is 0 Å². The number of carbonyl (C=O) groups excluding carboxylic acids is 2. The predicted octanol–water partition coefficient (Wildman–Crippen LogP) is 2.33. The summed E-state index contributed by atoms with van der Waals surface area (Å²) >= 11 is 0.